The molecule has 11 heteroatoms. The molecule has 39 heavy (non-hydrogen) atoms. The third-order valence-electron chi connectivity index (χ3n) is 6.05. The van der Waals surface area contributed by atoms with Gasteiger partial charge in [0.25, 0.3) is 10.0 Å². The van der Waals surface area contributed by atoms with Crippen molar-refractivity contribution in [3.8, 4) is 11.5 Å². The van der Waals surface area contributed by atoms with Crippen LogP contribution < -0.4 is 19.1 Å². The van der Waals surface area contributed by atoms with Gasteiger partial charge in [-0.05, 0) is 61.9 Å². The van der Waals surface area contributed by atoms with E-state index in [-0.39, 0.29) is 33.8 Å². The van der Waals surface area contributed by atoms with Gasteiger partial charge in [0.05, 0.1) is 24.8 Å². The quantitative estimate of drug-likeness (QED) is 0.350. The first-order chi connectivity index (χ1) is 18.6. The minimum Gasteiger partial charge on any atom is -0.497 e. The summed E-state index contributed by atoms with van der Waals surface area (Å²) in [6.45, 7) is 3.21. The Morgan fingerprint density at radius 2 is 1.64 bits per heavy atom. The summed E-state index contributed by atoms with van der Waals surface area (Å²) in [7, 11) is -1.29. The van der Waals surface area contributed by atoms with Crippen LogP contribution in [0.4, 0.5) is 5.69 Å². The minimum absolute atomic E-state index is 0.0155. The Balaban J connectivity index is 2.07. The lowest BCUT2D eigenvalue weighted by atomic mass is 10.1. The highest BCUT2D eigenvalue weighted by molar-refractivity contribution is 7.92. The highest BCUT2D eigenvalue weighted by Crippen LogP contribution is 2.35. The average Bonchev–Trinajstić information content (AvgIpc) is 2.95. The van der Waals surface area contributed by atoms with Gasteiger partial charge in [0.1, 0.15) is 24.1 Å². The number of nitrogens with one attached hydrogen (secondary N) is 1. The van der Waals surface area contributed by atoms with Crippen LogP contribution in [0.1, 0.15) is 19.4 Å². The Labute approximate surface area is 234 Å². The van der Waals surface area contributed by atoms with E-state index in [1.807, 2.05) is 0 Å². The fraction of sp³-hybridized carbons (Fsp3) is 0.286. The van der Waals surface area contributed by atoms with Crippen LogP contribution in [0, 0.1) is 0 Å². The van der Waals surface area contributed by atoms with Gasteiger partial charge in [-0.3, -0.25) is 13.9 Å². The smallest absolute Gasteiger partial charge is 0.264 e. The largest absolute Gasteiger partial charge is 0.497 e. The van der Waals surface area contributed by atoms with Crippen LogP contribution in [0.2, 0.25) is 5.02 Å². The molecule has 0 fully saturated rings. The Morgan fingerprint density at radius 3 is 2.23 bits per heavy atom. The second-order valence-corrected chi connectivity index (χ2v) is 10.9. The van der Waals surface area contributed by atoms with E-state index < -0.39 is 28.5 Å². The minimum atomic E-state index is -4.24. The molecule has 0 saturated carbocycles. The highest BCUT2D eigenvalue weighted by Gasteiger charge is 2.33. The van der Waals surface area contributed by atoms with Crippen molar-refractivity contribution in [3.63, 3.8) is 0 Å². The summed E-state index contributed by atoms with van der Waals surface area (Å²) in [5.74, 6) is -0.102. The lowest BCUT2D eigenvalue weighted by molar-refractivity contribution is -0.139. The van der Waals surface area contributed by atoms with Crippen molar-refractivity contribution in [2.24, 2.45) is 0 Å². The summed E-state index contributed by atoms with van der Waals surface area (Å²) in [6.07, 6.45) is 0. The molecule has 1 atom stereocenters. The van der Waals surface area contributed by atoms with Gasteiger partial charge >= 0.3 is 0 Å². The molecular weight excluding hydrogens is 542 g/mol. The Hall–Kier alpha value is -3.76. The van der Waals surface area contributed by atoms with E-state index >= 15 is 0 Å². The first-order valence-electron chi connectivity index (χ1n) is 12.2. The van der Waals surface area contributed by atoms with Gasteiger partial charge in [0.2, 0.25) is 11.8 Å². The number of amides is 2. The third kappa shape index (κ3) is 7.21. The van der Waals surface area contributed by atoms with Crippen LogP contribution in [-0.4, -0.2) is 58.5 Å². The standard InChI is InChI=1S/C28H32ClN3O6S/c1-5-30-28(34)20(2)31(18-21-11-14-23(37-3)15-12-21)27(33)19-32(25-17-22(29)13-16-26(25)38-4)39(35,36)24-9-7-6-8-10-24/h6-17,20H,5,18-19H2,1-4H3,(H,30,34)/t20-/m0/s1. The van der Waals surface area contributed by atoms with E-state index in [4.69, 9.17) is 21.1 Å². The summed E-state index contributed by atoms with van der Waals surface area (Å²) < 4.78 is 39.3. The summed E-state index contributed by atoms with van der Waals surface area (Å²) in [5.41, 5.74) is 0.829. The molecule has 0 saturated heterocycles. The fourth-order valence-electron chi connectivity index (χ4n) is 3.92. The lowest BCUT2D eigenvalue weighted by Gasteiger charge is -2.32. The second kappa shape index (κ2) is 13.3. The van der Waals surface area contributed by atoms with E-state index in [2.05, 4.69) is 5.32 Å². The number of hydrogen-bond acceptors (Lipinski definition) is 6. The molecule has 0 aliphatic heterocycles. The first-order valence-corrected chi connectivity index (χ1v) is 14.1. The monoisotopic (exact) mass is 573 g/mol. The first kappa shape index (κ1) is 29.8. The van der Waals surface area contributed by atoms with Crippen molar-refractivity contribution in [3.05, 3.63) is 83.4 Å². The molecule has 0 bridgehead atoms. The van der Waals surface area contributed by atoms with Gasteiger partial charge < -0.3 is 19.7 Å². The number of halogens is 1. The lowest BCUT2D eigenvalue weighted by Crippen LogP contribution is -2.51. The number of sulfonamides is 1. The Morgan fingerprint density at radius 1 is 0.974 bits per heavy atom. The van der Waals surface area contributed by atoms with Gasteiger partial charge in [-0.1, -0.05) is 41.9 Å². The zero-order chi connectivity index (χ0) is 28.6. The van der Waals surface area contributed by atoms with E-state index in [0.29, 0.717) is 12.3 Å². The van der Waals surface area contributed by atoms with Gasteiger partial charge in [0, 0.05) is 18.1 Å². The fourth-order valence-corrected chi connectivity index (χ4v) is 5.53. The molecule has 1 N–H and O–H groups in total. The van der Waals surface area contributed by atoms with E-state index in [1.165, 1.54) is 36.3 Å². The van der Waals surface area contributed by atoms with Crippen molar-refractivity contribution in [1.29, 1.82) is 0 Å². The van der Waals surface area contributed by atoms with Gasteiger partial charge in [-0.25, -0.2) is 8.42 Å². The number of likely N-dealkylation sites (N-methyl/N-ethyl adjacent to an activating group) is 1. The molecule has 0 radical (unpaired) electrons. The maximum Gasteiger partial charge on any atom is 0.264 e. The molecule has 2 amide bonds. The van der Waals surface area contributed by atoms with Crippen LogP contribution >= 0.6 is 11.6 Å². The molecular formula is C28H32ClN3O6S. The van der Waals surface area contributed by atoms with Crippen molar-refractivity contribution < 1.29 is 27.5 Å². The van der Waals surface area contributed by atoms with Crippen LogP contribution in [0.15, 0.2) is 77.7 Å². The Kier molecular flexibility index (Phi) is 10.2. The molecule has 0 heterocycles. The zero-order valence-electron chi connectivity index (χ0n) is 22.3. The van der Waals surface area contributed by atoms with Gasteiger partial charge in [-0.15, -0.1) is 0 Å². The molecule has 0 unspecified atom stereocenters. The number of methoxy groups -OCH3 is 2. The summed E-state index contributed by atoms with van der Waals surface area (Å²) in [5, 5.41) is 2.99. The van der Waals surface area contributed by atoms with Crippen molar-refractivity contribution in [2.45, 2.75) is 31.3 Å². The predicted octanol–water partition coefficient (Wildman–Crippen LogP) is 4.11. The number of carbonyl (C=O) groups excluding carboxylic acids is 2. The molecule has 0 aliphatic rings. The maximum atomic E-state index is 13.9. The van der Waals surface area contributed by atoms with E-state index in [9.17, 15) is 18.0 Å². The molecule has 0 aromatic heterocycles. The molecule has 9 nitrogen and oxygen atoms in total. The number of ether oxygens (including phenoxy) is 2. The van der Waals surface area contributed by atoms with Crippen LogP contribution in [0.25, 0.3) is 0 Å². The number of anilines is 1. The van der Waals surface area contributed by atoms with Crippen LogP contribution in [-0.2, 0) is 26.2 Å². The zero-order valence-corrected chi connectivity index (χ0v) is 23.8. The topological polar surface area (TPSA) is 105 Å². The SMILES string of the molecule is CCNC(=O)[C@H](C)N(Cc1ccc(OC)cc1)C(=O)CN(c1cc(Cl)ccc1OC)S(=O)(=O)c1ccccc1. The second-order valence-electron chi connectivity index (χ2n) is 8.58. The summed E-state index contributed by atoms with van der Waals surface area (Å²) in [6, 6.07) is 18.4. The normalized spacial score (nSPS) is 11.8. The van der Waals surface area contributed by atoms with Crippen molar-refractivity contribution in [2.75, 3.05) is 31.6 Å². The summed E-state index contributed by atoms with van der Waals surface area (Å²) in [4.78, 5) is 28.0. The van der Waals surface area contributed by atoms with E-state index in [1.54, 1.807) is 69.5 Å². The number of carbonyl (C=O) groups is 2. The highest BCUT2D eigenvalue weighted by atomic mass is 35.5. The van der Waals surface area contributed by atoms with Crippen molar-refractivity contribution >= 4 is 39.1 Å². The van der Waals surface area contributed by atoms with Gasteiger partial charge in [0.15, 0.2) is 0 Å². The van der Waals surface area contributed by atoms with Crippen molar-refractivity contribution in [1.82, 2.24) is 10.2 Å². The predicted molar refractivity (Wildman–Crippen MR) is 151 cm³/mol. The number of hydrogen-bond donors (Lipinski definition) is 1. The molecule has 3 aromatic carbocycles. The van der Waals surface area contributed by atoms with Crippen LogP contribution in [0.3, 0.4) is 0 Å². The molecule has 3 aromatic rings. The molecule has 0 spiro atoms. The third-order valence-corrected chi connectivity index (χ3v) is 8.06. The Bertz CT molecular complexity index is 1380. The van der Waals surface area contributed by atoms with Gasteiger partial charge in [-0.2, -0.15) is 0 Å². The van der Waals surface area contributed by atoms with E-state index in [0.717, 1.165) is 9.87 Å². The number of benzene rings is 3. The molecule has 3 rings (SSSR count). The molecule has 208 valence electrons. The summed E-state index contributed by atoms with van der Waals surface area (Å²) >= 11 is 6.24. The number of nitrogens with zero attached hydrogens (tertiary/aromatic N) is 2. The number of rotatable bonds is 12. The average molecular weight is 574 g/mol. The maximum absolute atomic E-state index is 13.9. The van der Waals surface area contributed by atoms with Crippen LogP contribution in [0.5, 0.6) is 11.5 Å². The molecule has 0 aliphatic carbocycles.